The molecular formula is C12H10ClIN4S. The summed E-state index contributed by atoms with van der Waals surface area (Å²) in [5, 5.41) is 5.07. The summed E-state index contributed by atoms with van der Waals surface area (Å²) < 4.78 is 5.44. The highest BCUT2D eigenvalue weighted by molar-refractivity contribution is 14.1. The van der Waals surface area contributed by atoms with E-state index in [1.807, 2.05) is 41.4 Å². The Hall–Kier alpha value is -0.860. The number of halogens is 2. The first kappa shape index (κ1) is 13.1. The number of hydrogen-bond acceptors (Lipinski definition) is 2. The second kappa shape index (κ2) is 4.60. The van der Waals surface area contributed by atoms with E-state index in [4.69, 9.17) is 23.8 Å². The fourth-order valence-electron chi connectivity index (χ4n) is 2.19. The van der Waals surface area contributed by atoms with E-state index in [2.05, 4.69) is 32.7 Å². The van der Waals surface area contributed by atoms with Crippen LogP contribution in [0.2, 0.25) is 5.02 Å². The number of H-pyrrole nitrogens is 1. The van der Waals surface area contributed by atoms with Gasteiger partial charge in [0.05, 0.1) is 16.4 Å². The van der Waals surface area contributed by atoms with Crippen molar-refractivity contribution in [3.05, 3.63) is 37.3 Å². The van der Waals surface area contributed by atoms with Crippen molar-refractivity contribution in [2.75, 3.05) is 0 Å². The standard InChI is InChI=1S/C12H10ClIN4S/c1-6-10-11(17(2)16-6)18(12(19)15-10)9-4-3-7(14)5-8(9)13/h3-5H,1-2H3,(H,15,19). The van der Waals surface area contributed by atoms with Crippen LogP contribution in [0.15, 0.2) is 18.2 Å². The van der Waals surface area contributed by atoms with Crippen LogP contribution in [-0.4, -0.2) is 19.3 Å². The lowest BCUT2D eigenvalue weighted by Gasteiger charge is -2.07. The zero-order valence-corrected chi connectivity index (χ0v) is 14.0. The van der Waals surface area contributed by atoms with Gasteiger partial charge in [0.1, 0.15) is 5.52 Å². The summed E-state index contributed by atoms with van der Waals surface area (Å²) in [4.78, 5) is 3.19. The lowest BCUT2D eigenvalue weighted by atomic mass is 10.3. The van der Waals surface area contributed by atoms with Crippen LogP contribution in [0.1, 0.15) is 5.69 Å². The van der Waals surface area contributed by atoms with Gasteiger partial charge in [-0.25, -0.2) is 4.68 Å². The van der Waals surface area contributed by atoms with Crippen LogP contribution in [0, 0.1) is 15.3 Å². The monoisotopic (exact) mass is 404 g/mol. The van der Waals surface area contributed by atoms with Crippen molar-refractivity contribution in [1.29, 1.82) is 0 Å². The number of benzene rings is 1. The predicted molar refractivity (Wildman–Crippen MR) is 87.7 cm³/mol. The Bertz CT molecular complexity index is 845. The quantitative estimate of drug-likeness (QED) is 0.492. The summed E-state index contributed by atoms with van der Waals surface area (Å²) in [6, 6.07) is 5.89. The van der Waals surface area contributed by atoms with Gasteiger partial charge in [-0.05, 0) is 59.9 Å². The molecule has 2 aromatic heterocycles. The fraction of sp³-hybridized carbons (Fsp3) is 0.167. The van der Waals surface area contributed by atoms with Gasteiger partial charge >= 0.3 is 0 Å². The average molecular weight is 405 g/mol. The molecule has 3 aromatic rings. The van der Waals surface area contributed by atoms with Crippen LogP contribution in [0.4, 0.5) is 0 Å². The second-order valence-corrected chi connectivity index (χ2v) is 6.31. The van der Waals surface area contributed by atoms with Gasteiger partial charge in [-0.15, -0.1) is 0 Å². The summed E-state index contributed by atoms with van der Waals surface area (Å²) in [5.74, 6) is 0. The molecular weight excluding hydrogens is 395 g/mol. The third-order valence-electron chi connectivity index (χ3n) is 2.99. The summed E-state index contributed by atoms with van der Waals surface area (Å²) >= 11 is 14.0. The highest BCUT2D eigenvalue weighted by atomic mass is 127. The average Bonchev–Trinajstić information content (AvgIpc) is 2.79. The van der Waals surface area contributed by atoms with Crippen LogP contribution in [0.25, 0.3) is 16.9 Å². The van der Waals surface area contributed by atoms with Crippen LogP contribution in [0.3, 0.4) is 0 Å². The summed E-state index contributed by atoms with van der Waals surface area (Å²) in [7, 11) is 1.90. The van der Waals surface area contributed by atoms with Crippen molar-refractivity contribution >= 4 is 57.6 Å². The maximum Gasteiger partial charge on any atom is 0.184 e. The maximum atomic E-state index is 6.34. The van der Waals surface area contributed by atoms with Crippen molar-refractivity contribution < 1.29 is 0 Å². The molecule has 4 nitrogen and oxygen atoms in total. The van der Waals surface area contributed by atoms with Crippen molar-refractivity contribution in [1.82, 2.24) is 19.3 Å². The van der Waals surface area contributed by atoms with E-state index >= 15 is 0 Å². The predicted octanol–water partition coefficient (Wildman–Crippen LogP) is 3.99. The highest BCUT2D eigenvalue weighted by Gasteiger charge is 2.15. The largest absolute Gasteiger partial charge is 0.327 e. The van der Waals surface area contributed by atoms with E-state index in [9.17, 15) is 0 Å². The number of fused-ring (bicyclic) bond motifs is 1. The number of rotatable bonds is 1. The van der Waals surface area contributed by atoms with Gasteiger partial charge in [0.25, 0.3) is 0 Å². The Balaban J connectivity index is 2.42. The molecule has 0 aliphatic rings. The summed E-state index contributed by atoms with van der Waals surface area (Å²) in [5.41, 5.74) is 3.65. The van der Waals surface area contributed by atoms with Crippen LogP contribution in [-0.2, 0) is 7.05 Å². The SMILES string of the molecule is Cc1nn(C)c2c1[nH]c(=S)n2-c1ccc(I)cc1Cl. The van der Waals surface area contributed by atoms with E-state index in [1.165, 1.54) is 0 Å². The topological polar surface area (TPSA) is 38.5 Å². The number of aromatic nitrogens is 4. The van der Waals surface area contributed by atoms with E-state index in [0.717, 1.165) is 26.1 Å². The van der Waals surface area contributed by atoms with E-state index in [0.29, 0.717) is 9.79 Å². The Kier molecular flexibility index (Phi) is 3.18. The molecule has 3 rings (SSSR count). The minimum atomic E-state index is 0.620. The van der Waals surface area contributed by atoms with Crippen LogP contribution >= 0.6 is 46.4 Å². The number of nitrogens with zero attached hydrogens (tertiary/aromatic N) is 3. The van der Waals surface area contributed by atoms with Crippen molar-refractivity contribution in [2.24, 2.45) is 7.05 Å². The van der Waals surface area contributed by atoms with Crippen molar-refractivity contribution in [3.8, 4) is 5.69 Å². The zero-order chi connectivity index (χ0) is 13.7. The molecule has 1 N–H and O–H groups in total. The third-order valence-corrected chi connectivity index (χ3v) is 4.25. The molecule has 0 saturated heterocycles. The lowest BCUT2D eigenvalue weighted by Crippen LogP contribution is -2.01. The van der Waals surface area contributed by atoms with Gasteiger partial charge in [-0.1, -0.05) is 11.6 Å². The molecule has 0 fully saturated rings. The van der Waals surface area contributed by atoms with Gasteiger partial charge in [0.15, 0.2) is 10.4 Å². The first-order chi connectivity index (χ1) is 8.99. The van der Waals surface area contributed by atoms with Crippen molar-refractivity contribution in [3.63, 3.8) is 0 Å². The lowest BCUT2D eigenvalue weighted by molar-refractivity contribution is 0.759. The second-order valence-electron chi connectivity index (χ2n) is 4.27. The minimum Gasteiger partial charge on any atom is -0.327 e. The highest BCUT2D eigenvalue weighted by Crippen LogP contribution is 2.27. The first-order valence-electron chi connectivity index (χ1n) is 5.59. The number of aryl methyl sites for hydroxylation is 2. The minimum absolute atomic E-state index is 0.620. The molecule has 0 bridgehead atoms. The molecule has 0 saturated carbocycles. The summed E-state index contributed by atoms with van der Waals surface area (Å²) in [6.45, 7) is 1.95. The Morgan fingerprint density at radius 3 is 2.84 bits per heavy atom. The maximum absolute atomic E-state index is 6.34. The first-order valence-corrected chi connectivity index (χ1v) is 7.45. The normalized spacial score (nSPS) is 11.4. The molecule has 0 spiro atoms. The number of nitrogens with one attached hydrogen (secondary N) is 1. The van der Waals surface area contributed by atoms with Gasteiger partial charge in [-0.2, -0.15) is 5.10 Å². The van der Waals surface area contributed by atoms with E-state index in [1.54, 1.807) is 0 Å². The smallest absolute Gasteiger partial charge is 0.184 e. The number of hydrogen-bond donors (Lipinski definition) is 1. The Labute approximate surface area is 133 Å². The van der Waals surface area contributed by atoms with Crippen molar-refractivity contribution in [2.45, 2.75) is 6.92 Å². The molecule has 0 radical (unpaired) electrons. The molecule has 19 heavy (non-hydrogen) atoms. The van der Waals surface area contributed by atoms with E-state index < -0.39 is 0 Å². The molecule has 2 heterocycles. The third kappa shape index (κ3) is 2.02. The zero-order valence-electron chi connectivity index (χ0n) is 10.2. The molecule has 0 aliphatic heterocycles. The molecule has 0 amide bonds. The number of aromatic amines is 1. The van der Waals surface area contributed by atoms with E-state index in [-0.39, 0.29) is 0 Å². The number of imidazole rings is 1. The molecule has 0 unspecified atom stereocenters. The molecule has 1 aromatic carbocycles. The van der Waals surface area contributed by atoms with Crippen LogP contribution < -0.4 is 0 Å². The Morgan fingerprint density at radius 2 is 2.16 bits per heavy atom. The van der Waals surface area contributed by atoms with Gasteiger partial charge in [0, 0.05) is 10.6 Å². The molecule has 7 heteroatoms. The molecule has 98 valence electrons. The van der Waals surface area contributed by atoms with Crippen LogP contribution in [0.5, 0.6) is 0 Å². The van der Waals surface area contributed by atoms with Gasteiger partial charge in [-0.3, -0.25) is 4.57 Å². The van der Waals surface area contributed by atoms with Gasteiger partial charge in [0.2, 0.25) is 0 Å². The molecule has 0 atom stereocenters. The molecule has 0 aliphatic carbocycles. The Morgan fingerprint density at radius 1 is 1.42 bits per heavy atom. The van der Waals surface area contributed by atoms with Gasteiger partial charge < -0.3 is 4.98 Å². The fourth-order valence-corrected chi connectivity index (χ4v) is 3.42. The summed E-state index contributed by atoms with van der Waals surface area (Å²) in [6.07, 6.45) is 0.